The highest BCUT2D eigenvalue weighted by Crippen LogP contribution is 2.30. The Kier molecular flexibility index (Phi) is 11.7. The minimum absolute atomic E-state index is 0.228. The number of benzene rings is 4. The van der Waals surface area contributed by atoms with E-state index < -0.39 is 24.4 Å². The Morgan fingerprint density at radius 3 is 1.36 bits per heavy atom. The van der Waals surface area contributed by atoms with Gasteiger partial charge >= 0.3 is 0 Å². The van der Waals surface area contributed by atoms with Gasteiger partial charge in [-0.2, -0.15) is 0 Å². The quantitative estimate of drug-likeness (QED) is 0.121. The first-order valence-corrected chi connectivity index (χ1v) is 17.2. The minimum Gasteiger partial charge on any atom is -0.372 e. The fourth-order valence-corrected chi connectivity index (χ4v) is 5.97. The molecule has 0 spiro atoms. The molecule has 4 aromatic carbocycles. The number of rotatable bonds is 16. The van der Waals surface area contributed by atoms with E-state index in [2.05, 4.69) is 32.5 Å². The molecular formula is C42H38N6O5. The maximum absolute atomic E-state index is 6.62. The van der Waals surface area contributed by atoms with E-state index in [1.165, 1.54) is 0 Å². The van der Waals surface area contributed by atoms with Crippen LogP contribution in [0, 0.1) is 24.7 Å². The molecule has 0 bridgehead atoms. The van der Waals surface area contributed by atoms with Crippen molar-refractivity contribution in [3.63, 3.8) is 0 Å². The summed E-state index contributed by atoms with van der Waals surface area (Å²) in [6.45, 7) is 1.68. The molecule has 0 N–H and O–H groups in total. The third-order valence-electron chi connectivity index (χ3n) is 8.72. The Morgan fingerprint density at radius 2 is 0.962 bits per heavy atom. The van der Waals surface area contributed by atoms with Gasteiger partial charge in [-0.05, 0) is 59.7 Å². The number of nitrogens with zero attached hydrogens (tertiary/aromatic N) is 6. The summed E-state index contributed by atoms with van der Waals surface area (Å²) in [4.78, 5) is 0. The van der Waals surface area contributed by atoms with Crippen molar-refractivity contribution < 1.29 is 23.7 Å². The molecule has 0 aliphatic carbocycles. The van der Waals surface area contributed by atoms with Crippen LogP contribution in [0.4, 0.5) is 0 Å². The van der Waals surface area contributed by atoms with Gasteiger partial charge in [-0.25, -0.2) is 9.36 Å². The van der Waals surface area contributed by atoms with E-state index in [1.807, 2.05) is 122 Å². The van der Waals surface area contributed by atoms with E-state index >= 15 is 0 Å². The predicted molar refractivity (Wildman–Crippen MR) is 197 cm³/mol. The van der Waals surface area contributed by atoms with Crippen molar-refractivity contribution >= 4 is 0 Å². The molecule has 0 unspecified atom stereocenters. The lowest BCUT2D eigenvalue weighted by atomic mass is 10.1. The molecule has 11 heteroatoms. The Hall–Kier alpha value is -5.92. The average Bonchev–Trinajstić information content (AvgIpc) is 3.97. The van der Waals surface area contributed by atoms with E-state index in [1.54, 1.807) is 9.36 Å². The molecule has 4 atom stereocenters. The smallest absolute Gasteiger partial charge is 0.115 e. The van der Waals surface area contributed by atoms with Crippen molar-refractivity contribution in [2.75, 3.05) is 13.2 Å². The van der Waals surface area contributed by atoms with E-state index in [-0.39, 0.29) is 26.4 Å². The first-order chi connectivity index (χ1) is 26.1. The lowest BCUT2D eigenvalue weighted by Crippen LogP contribution is -2.40. The number of terminal acetylenes is 2. The summed E-state index contributed by atoms with van der Waals surface area (Å²) in [5.74, 6) is 5.25. The van der Waals surface area contributed by atoms with Gasteiger partial charge in [-0.3, -0.25) is 0 Å². The average molecular weight is 707 g/mol. The molecule has 53 heavy (non-hydrogen) atoms. The first-order valence-electron chi connectivity index (χ1n) is 17.2. The highest BCUT2D eigenvalue weighted by Gasteiger charge is 2.46. The number of hydrogen-bond acceptors (Lipinski definition) is 9. The highest BCUT2D eigenvalue weighted by atomic mass is 16.6. The SMILES string of the molecule is C#Cc1ccc(-n2cc(COC[C@@H]3O[C@@H](COCc4cn(-c5ccc(C#C)cc5)nn4)[C@H](OCc4ccccc4)[C@H]3OCc3ccccc3)nn2)cc1. The molecule has 0 amide bonds. The summed E-state index contributed by atoms with van der Waals surface area (Å²) in [6.07, 6.45) is 12.8. The molecule has 1 fully saturated rings. The van der Waals surface area contributed by atoms with Crippen LogP contribution >= 0.6 is 0 Å². The van der Waals surface area contributed by atoms with Crippen LogP contribution in [0.3, 0.4) is 0 Å². The number of ether oxygens (including phenoxy) is 5. The van der Waals surface area contributed by atoms with Crippen LogP contribution in [0.25, 0.3) is 11.4 Å². The molecule has 0 saturated carbocycles. The van der Waals surface area contributed by atoms with Crippen molar-refractivity contribution in [1.29, 1.82) is 0 Å². The largest absolute Gasteiger partial charge is 0.372 e. The second-order valence-corrected chi connectivity index (χ2v) is 12.5. The molecular weight excluding hydrogens is 668 g/mol. The molecule has 6 aromatic rings. The van der Waals surface area contributed by atoms with Gasteiger partial charge in [0, 0.05) is 11.1 Å². The van der Waals surface area contributed by atoms with Gasteiger partial charge in [0.1, 0.15) is 35.8 Å². The van der Waals surface area contributed by atoms with E-state index in [4.69, 9.17) is 36.5 Å². The Labute approximate surface area is 308 Å². The summed E-state index contributed by atoms with van der Waals surface area (Å²) in [7, 11) is 0. The zero-order valence-electron chi connectivity index (χ0n) is 29.0. The fourth-order valence-electron chi connectivity index (χ4n) is 5.97. The van der Waals surface area contributed by atoms with Gasteiger partial charge in [0.15, 0.2) is 0 Å². The van der Waals surface area contributed by atoms with Crippen LogP contribution in [0.1, 0.15) is 33.6 Å². The van der Waals surface area contributed by atoms with Gasteiger partial charge in [0.2, 0.25) is 0 Å². The van der Waals surface area contributed by atoms with E-state index in [9.17, 15) is 0 Å². The summed E-state index contributed by atoms with van der Waals surface area (Å²) >= 11 is 0. The second kappa shape index (κ2) is 17.5. The van der Waals surface area contributed by atoms with Crippen LogP contribution in [0.15, 0.2) is 122 Å². The van der Waals surface area contributed by atoms with Crippen LogP contribution < -0.4 is 0 Å². The lowest BCUT2D eigenvalue weighted by Gasteiger charge is -2.25. The molecule has 11 nitrogen and oxygen atoms in total. The minimum atomic E-state index is -0.454. The number of hydrogen-bond donors (Lipinski definition) is 0. The topological polar surface area (TPSA) is 108 Å². The van der Waals surface area contributed by atoms with Crippen LogP contribution in [0.2, 0.25) is 0 Å². The summed E-state index contributed by atoms with van der Waals surface area (Å²) < 4.78 is 35.5. The van der Waals surface area contributed by atoms with Crippen molar-refractivity contribution in [3.05, 3.63) is 155 Å². The molecule has 1 saturated heterocycles. The van der Waals surface area contributed by atoms with Gasteiger partial charge in [-0.15, -0.1) is 23.0 Å². The molecule has 3 heterocycles. The molecule has 1 aliphatic rings. The molecule has 1 aliphatic heterocycles. The molecule has 2 aromatic heterocycles. The standard InChI is InChI=1S/C42H38N6O5/c1-3-31-15-19-37(20-16-31)47-23-35(43-45-47)27-49-29-39-41(51-25-33-11-7-5-8-12-33)42(52-26-34-13-9-6-10-14-34)40(53-39)30-50-28-36-24-48(46-44-36)38-21-17-32(4-2)18-22-38/h1-2,5-24,39-42H,25-30H2/t39-,40-,41-,42-/m0/s1. The van der Waals surface area contributed by atoms with Gasteiger partial charge in [0.05, 0.1) is 63.4 Å². The monoisotopic (exact) mass is 706 g/mol. The second-order valence-electron chi connectivity index (χ2n) is 12.5. The van der Waals surface area contributed by atoms with Gasteiger partial charge in [0.25, 0.3) is 0 Å². The number of aromatic nitrogens is 6. The first kappa shape index (κ1) is 35.5. The van der Waals surface area contributed by atoms with Crippen molar-refractivity contribution in [1.82, 2.24) is 30.0 Å². The van der Waals surface area contributed by atoms with Crippen LogP contribution in [0.5, 0.6) is 0 Å². The zero-order valence-corrected chi connectivity index (χ0v) is 29.0. The van der Waals surface area contributed by atoms with E-state index in [0.717, 1.165) is 33.6 Å². The third kappa shape index (κ3) is 9.31. The van der Waals surface area contributed by atoms with Crippen LogP contribution in [-0.2, 0) is 50.1 Å². The van der Waals surface area contributed by atoms with Crippen molar-refractivity contribution in [2.45, 2.75) is 50.8 Å². The highest BCUT2D eigenvalue weighted by molar-refractivity contribution is 5.41. The van der Waals surface area contributed by atoms with Gasteiger partial charge < -0.3 is 23.7 Å². The van der Waals surface area contributed by atoms with E-state index in [0.29, 0.717) is 24.6 Å². The van der Waals surface area contributed by atoms with Crippen molar-refractivity contribution in [3.8, 4) is 36.1 Å². The summed E-state index contributed by atoms with van der Waals surface area (Å²) in [5, 5.41) is 17.1. The Bertz CT molecular complexity index is 1970. The summed E-state index contributed by atoms with van der Waals surface area (Å²) in [6, 6.07) is 35.1. The van der Waals surface area contributed by atoms with Crippen LogP contribution in [-0.4, -0.2) is 67.6 Å². The Balaban J connectivity index is 1.03. The predicted octanol–water partition coefficient (Wildman–Crippen LogP) is 5.48. The fraction of sp³-hybridized carbons (Fsp3) is 0.238. The molecule has 0 radical (unpaired) electrons. The molecule has 7 rings (SSSR count). The lowest BCUT2D eigenvalue weighted by molar-refractivity contribution is -0.0915. The molecule has 266 valence electrons. The zero-order chi connectivity index (χ0) is 36.2. The van der Waals surface area contributed by atoms with Gasteiger partial charge in [-0.1, -0.05) is 82.9 Å². The normalized spacial score (nSPS) is 18.1. The summed E-state index contributed by atoms with van der Waals surface area (Å²) in [5.41, 5.74) is 6.70. The third-order valence-corrected chi connectivity index (χ3v) is 8.72. The Morgan fingerprint density at radius 1 is 0.547 bits per heavy atom. The maximum atomic E-state index is 6.62. The van der Waals surface area contributed by atoms with Crippen molar-refractivity contribution in [2.24, 2.45) is 0 Å². The maximum Gasteiger partial charge on any atom is 0.115 e.